The van der Waals surface area contributed by atoms with E-state index in [4.69, 9.17) is 16.1 Å². The van der Waals surface area contributed by atoms with Gasteiger partial charge >= 0.3 is 6.18 Å². The molecule has 0 unspecified atom stereocenters. The quantitative estimate of drug-likeness (QED) is 0.519. The third-order valence-corrected chi connectivity index (χ3v) is 5.13. The Morgan fingerprint density at radius 2 is 1.83 bits per heavy atom. The number of nitrogens with one attached hydrogen (secondary N) is 1. The normalized spacial score (nSPS) is 13.7. The van der Waals surface area contributed by atoms with Crippen molar-refractivity contribution in [2.45, 2.75) is 32.5 Å². The van der Waals surface area contributed by atoms with E-state index in [0.717, 1.165) is 12.1 Å². The van der Waals surface area contributed by atoms with Gasteiger partial charge in [0, 0.05) is 5.56 Å². The number of benzene rings is 2. The third-order valence-electron chi connectivity index (χ3n) is 4.80. The molecule has 3 aromatic rings. The summed E-state index contributed by atoms with van der Waals surface area (Å²) >= 11 is 6.10. The molecular weight excluding hydrogens is 419 g/mol. The van der Waals surface area contributed by atoms with Gasteiger partial charge in [-0.05, 0) is 30.2 Å². The molecule has 1 heterocycles. The first-order valence-electron chi connectivity index (χ1n) is 9.27. The van der Waals surface area contributed by atoms with E-state index in [0.29, 0.717) is 22.6 Å². The Bertz CT molecular complexity index is 1020. The predicted octanol–water partition coefficient (Wildman–Crippen LogP) is 5.93. The fraction of sp³-hybridized carbons (Fsp3) is 0.286. The van der Waals surface area contributed by atoms with E-state index in [2.05, 4.69) is 15.5 Å². The lowest BCUT2D eigenvalue weighted by Crippen LogP contribution is -2.33. The maximum absolute atomic E-state index is 12.8. The number of alkyl halides is 3. The highest BCUT2D eigenvalue weighted by atomic mass is 35.5. The first-order valence-corrected chi connectivity index (χ1v) is 9.65. The van der Waals surface area contributed by atoms with Crippen molar-refractivity contribution >= 4 is 17.5 Å². The molecule has 1 aromatic heterocycles. The van der Waals surface area contributed by atoms with Crippen LogP contribution in [0.25, 0.3) is 11.4 Å². The molecule has 158 valence electrons. The molecule has 3 rings (SSSR count). The summed E-state index contributed by atoms with van der Waals surface area (Å²) in [6.07, 6.45) is -3.71. The van der Waals surface area contributed by atoms with E-state index in [1.54, 1.807) is 24.3 Å². The van der Waals surface area contributed by atoms with Crippen LogP contribution in [0.5, 0.6) is 0 Å². The largest absolute Gasteiger partial charge is 0.416 e. The molecule has 2 aromatic carbocycles. The summed E-state index contributed by atoms with van der Waals surface area (Å²) in [4.78, 5) is 17.0. The average Bonchev–Trinajstić information content (AvgIpc) is 3.21. The minimum Gasteiger partial charge on any atom is -0.340 e. The Morgan fingerprint density at radius 1 is 1.17 bits per heavy atom. The Labute approximate surface area is 176 Å². The van der Waals surface area contributed by atoms with E-state index >= 15 is 0 Å². The molecule has 0 aliphatic rings. The van der Waals surface area contributed by atoms with E-state index in [-0.39, 0.29) is 23.5 Å². The highest BCUT2D eigenvalue weighted by Gasteiger charge is 2.31. The molecule has 0 spiro atoms. The van der Waals surface area contributed by atoms with E-state index in [1.165, 1.54) is 12.1 Å². The van der Waals surface area contributed by atoms with Crippen LogP contribution in [0.1, 0.15) is 48.1 Å². The van der Waals surface area contributed by atoms with Crippen molar-refractivity contribution in [3.05, 3.63) is 70.6 Å². The van der Waals surface area contributed by atoms with Gasteiger partial charge in [0.25, 0.3) is 5.91 Å². The SMILES string of the molecule is CC[C@H](C)[C@@H](NC(=O)c1ccccc1Cl)c1nc(-c2ccc(C(F)(F)F)cc2)no1. The maximum atomic E-state index is 12.8. The Morgan fingerprint density at radius 3 is 2.43 bits per heavy atom. The number of hydrogen-bond acceptors (Lipinski definition) is 4. The highest BCUT2D eigenvalue weighted by Crippen LogP contribution is 2.31. The van der Waals surface area contributed by atoms with Gasteiger partial charge in [0.1, 0.15) is 6.04 Å². The second-order valence-corrected chi connectivity index (χ2v) is 7.26. The van der Waals surface area contributed by atoms with Gasteiger partial charge in [-0.1, -0.05) is 61.3 Å². The van der Waals surface area contributed by atoms with Gasteiger partial charge in [-0.25, -0.2) is 0 Å². The molecule has 0 aliphatic carbocycles. The van der Waals surface area contributed by atoms with Gasteiger partial charge in [-0.3, -0.25) is 4.79 Å². The number of carbonyl (C=O) groups excluding carboxylic acids is 1. The van der Waals surface area contributed by atoms with Crippen LogP contribution >= 0.6 is 11.6 Å². The summed E-state index contributed by atoms with van der Waals surface area (Å²) in [6, 6.07) is 10.5. The molecule has 0 saturated heterocycles. The van der Waals surface area contributed by atoms with Crippen molar-refractivity contribution in [1.82, 2.24) is 15.5 Å². The number of aromatic nitrogens is 2. The third kappa shape index (κ3) is 4.81. The van der Waals surface area contributed by atoms with Crippen molar-refractivity contribution in [3.63, 3.8) is 0 Å². The molecule has 1 amide bonds. The van der Waals surface area contributed by atoms with Gasteiger partial charge < -0.3 is 9.84 Å². The lowest BCUT2D eigenvalue weighted by atomic mass is 9.98. The average molecular weight is 438 g/mol. The van der Waals surface area contributed by atoms with Crippen LogP contribution in [0.15, 0.2) is 53.1 Å². The summed E-state index contributed by atoms with van der Waals surface area (Å²) in [7, 11) is 0. The lowest BCUT2D eigenvalue weighted by Gasteiger charge is -2.21. The highest BCUT2D eigenvalue weighted by molar-refractivity contribution is 6.33. The smallest absolute Gasteiger partial charge is 0.340 e. The number of hydrogen-bond donors (Lipinski definition) is 1. The molecule has 9 heteroatoms. The van der Waals surface area contributed by atoms with E-state index in [1.807, 2.05) is 13.8 Å². The molecule has 0 radical (unpaired) electrons. The fourth-order valence-electron chi connectivity index (χ4n) is 2.83. The van der Waals surface area contributed by atoms with Crippen LogP contribution in [0, 0.1) is 5.92 Å². The first kappa shape index (κ1) is 21.8. The summed E-state index contributed by atoms with van der Waals surface area (Å²) in [5.74, 6) is -0.129. The minimum absolute atomic E-state index is 0.0441. The molecule has 0 saturated carbocycles. The molecule has 2 atom stereocenters. The second-order valence-electron chi connectivity index (χ2n) is 6.85. The van der Waals surface area contributed by atoms with Crippen LogP contribution in [-0.4, -0.2) is 16.0 Å². The van der Waals surface area contributed by atoms with Gasteiger partial charge in [0.05, 0.1) is 16.1 Å². The number of amides is 1. The van der Waals surface area contributed by atoms with Gasteiger partial charge in [-0.15, -0.1) is 0 Å². The second kappa shape index (κ2) is 8.87. The van der Waals surface area contributed by atoms with Gasteiger partial charge in [0.2, 0.25) is 11.7 Å². The molecule has 0 fully saturated rings. The summed E-state index contributed by atoms with van der Waals surface area (Å²) in [5.41, 5.74) is -0.0762. The van der Waals surface area contributed by atoms with E-state index < -0.39 is 17.8 Å². The number of rotatable bonds is 6. The molecular formula is C21H19ClF3N3O2. The number of nitrogens with zero attached hydrogens (tertiary/aromatic N) is 2. The number of carbonyl (C=O) groups is 1. The van der Waals surface area contributed by atoms with Crippen molar-refractivity contribution in [3.8, 4) is 11.4 Å². The Balaban J connectivity index is 1.85. The molecule has 5 nitrogen and oxygen atoms in total. The van der Waals surface area contributed by atoms with Crippen LogP contribution in [-0.2, 0) is 6.18 Å². The standard InChI is InChI=1S/C21H19ClF3N3O2/c1-3-12(2)17(26-19(29)15-6-4-5-7-16(15)22)20-27-18(28-30-20)13-8-10-14(11-9-13)21(23,24)25/h4-12,17H,3H2,1-2H3,(H,26,29)/t12-,17+/m0/s1. The first-order chi connectivity index (χ1) is 14.2. The van der Waals surface area contributed by atoms with Crippen LogP contribution in [0.3, 0.4) is 0 Å². The van der Waals surface area contributed by atoms with E-state index in [9.17, 15) is 18.0 Å². The maximum Gasteiger partial charge on any atom is 0.416 e. The molecule has 1 N–H and O–H groups in total. The molecule has 0 aliphatic heterocycles. The lowest BCUT2D eigenvalue weighted by molar-refractivity contribution is -0.137. The summed E-state index contributed by atoms with van der Waals surface area (Å²) in [6.45, 7) is 3.87. The zero-order valence-electron chi connectivity index (χ0n) is 16.2. The predicted molar refractivity (Wildman–Crippen MR) is 106 cm³/mol. The zero-order chi connectivity index (χ0) is 21.9. The minimum atomic E-state index is -4.43. The Kier molecular flexibility index (Phi) is 6.45. The topological polar surface area (TPSA) is 68.0 Å². The van der Waals surface area contributed by atoms with Crippen molar-refractivity contribution < 1.29 is 22.5 Å². The van der Waals surface area contributed by atoms with Gasteiger partial charge in [-0.2, -0.15) is 18.2 Å². The van der Waals surface area contributed by atoms with Crippen LogP contribution in [0.2, 0.25) is 5.02 Å². The Hall–Kier alpha value is -2.87. The monoisotopic (exact) mass is 437 g/mol. The fourth-order valence-corrected chi connectivity index (χ4v) is 3.06. The van der Waals surface area contributed by atoms with Crippen LogP contribution in [0.4, 0.5) is 13.2 Å². The van der Waals surface area contributed by atoms with Gasteiger partial charge in [0.15, 0.2) is 0 Å². The zero-order valence-corrected chi connectivity index (χ0v) is 17.0. The van der Waals surface area contributed by atoms with Crippen molar-refractivity contribution in [2.24, 2.45) is 5.92 Å². The van der Waals surface area contributed by atoms with Crippen LogP contribution < -0.4 is 5.32 Å². The molecule has 0 bridgehead atoms. The van der Waals surface area contributed by atoms with Crippen molar-refractivity contribution in [2.75, 3.05) is 0 Å². The molecule has 30 heavy (non-hydrogen) atoms. The van der Waals surface area contributed by atoms with Crippen molar-refractivity contribution in [1.29, 1.82) is 0 Å². The summed E-state index contributed by atoms with van der Waals surface area (Å²) in [5, 5.41) is 7.05. The summed E-state index contributed by atoms with van der Waals surface area (Å²) < 4.78 is 43.6. The number of halogens is 4.